The predicted molar refractivity (Wildman–Crippen MR) is 247 cm³/mol. The molecule has 0 aromatic carbocycles. The third kappa shape index (κ3) is 44.0. The second-order valence-corrected chi connectivity index (χ2v) is 15.6. The van der Waals surface area contributed by atoms with Crippen molar-refractivity contribution >= 4 is 17.9 Å². The predicted octanol–water partition coefficient (Wildman–Crippen LogP) is 15.5. The average Bonchev–Trinajstić information content (AvgIpc) is 3.22. The molecule has 0 bridgehead atoms. The van der Waals surface area contributed by atoms with Crippen LogP contribution in [0.3, 0.4) is 0 Å². The highest BCUT2D eigenvalue weighted by Gasteiger charge is 2.19. The fourth-order valence-corrected chi connectivity index (χ4v) is 6.35. The van der Waals surface area contributed by atoms with E-state index in [1.54, 1.807) is 0 Å². The van der Waals surface area contributed by atoms with Crippen molar-refractivity contribution in [1.29, 1.82) is 0 Å². The van der Waals surface area contributed by atoms with Gasteiger partial charge in [0.15, 0.2) is 6.10 Å². The number of carbonyl (C=O) groups is 3. The van der Waals surface area contributed by atoms with Crippen molar-refractivity contribution in [2.24, 2.45) is 0 Å². The van der Waals surface area contributed by atoms with E-state index in [1.807, 2.05) is 0 Å². The summed E-state index contributed by atoms with van der Waals surface area (Å²) < 4.78 is 16.6. The highest BCUT2D eigenvalue weighted by molar-refractivity contribution is 5.71. The van der Waals surface area contributed by atoms with Crippen LogP contribution in [-0.2, 0) is 28.6 Å². The van der Waals surface area contributed by atoms with Crippen LogP contribution in [0.15, 0.2) is 72.9 Å². The molecule has 0 saturated heterocycles. The van der Waals surface area contributed by atoms with Gasteiger partial charge in [-0.2, -0.15) is 0 Å². The van der Waals surface area contributed by atoms with Gasteiger partial charge < -0.3 is 14.2 Å². The zero-order valence-corrected chi connectivity index (χ0v) is 37.8. The summed E-state index contributed by atoms with van der Waals surface area (Å²) >= 11 is 0. The molecular weight excluding hydrogens is 721 g/mol. The minimum absolute atomic E-state index is 0.0960. The van der Waals surface area contributed by atoms with E-state index in [2.05, 4.69) is 93.7 Å². The number of hydrogen-bond acceptors (Lipinski definition) is 6. The molecule has 332 valence electrons. The lowest BCUT2D eigenvalue weighted by molar-refractivity contribution is -0.167. The van der Waals surface area contributed by atoms with E-state index >= 15 is 0 Å². The van der Waals surface area contributed by atoms with Crippen LogP contribution in [-0.4, -0.2) is 37.2 Å². The van der Waals surface area contributed by atoms with Gasteiger partial charge in [0.1, 0.15) is 13.2 Å². The first-order chi connectivity index (χ1) is 28.5. The Bertz CT molecular complexity index is 1110. The van der Waals surface area contributed by atoms with Crippen LogP contribution in [0.1, 0.15) is 220 Å². The van der Waals surface area contributed by atoms with Crippen LogP contribution < -0.4 is 0 Å². The molecule has 0 aromatic heterocycles. The van der Waals surface area contributed by atoms with E-state index in [4.69, 9.17) is 14.2 Å². The van der Waals surface area contributed by atoms with Gasteiger partial charge in [-0.15, -0.1) is 0 Å². The smallest absolute Gasteiger partial charge is 0.306 e. The number of ether oxygens (including phenoxy) is 3. The van der Waals surface area contributed by atoms with E-state index in [1.165, 1.54) is 83.5 Å². The number of hydrogen-bond donors (Lipinski definition) is 0. The lowest BCUT2D eigenvalue weighted by Crippen LogP contribution is -2.30. The molecule has 0 radical (unpaired) electrons. The molecule has 0 spiro atoms. The summed E-state index contributed by atoms with van der Waals surface area (Å²) in [6.45, 7) is 6.42. The van der Waals surface area contributed by atoms with Crippen LogP contribution in [0.5, 0.6) is 0 Å². The maximum Gasteiger partial charge on any atom is 0.306 e. The second kappa shape index (κ2) is 46.5. The van der Waals surface area contributed by atoms with Gasteiger partial charge in [0.05, 0.1) is 0 Å². The Hall–Kier alpha value is -3.15. The lowest BCUT2D eigenvalue weighted by atomic mass is 10.1. The fraction of sp³-hybridized carbons (Fsp3) is 0.712. The Morgan fingerprint density at radius 2 is 0.690 bits per heavy atom. The Balaban J connectivity index is 4.44. The first kappa shape index (κ1) is 54.9. The molecule has 0 saturated carbocycles. The fourth-order valence-electron chi connectivity index (χ4n) is 6.35. The summed E-state index contributed by atoms with van der Waals surface area (Å²) in [5.74, 6) is -0.972. The summed E-state index contributed by atoms with van der Waals surface area (Å²) in [7, 11) is 0. The molecule has 0 aliphatic rings. The summed E-state index contributed by atoms with van der Waals surface area (Å²) in [5, 5.41) is 0. The highest BCUT2D eigenvalue weighted by atomic mass is 16.6. The van der Waals surface area contributed by atoms with Crippen LogP contribution in [0.25, 0.3) is 0 Å². The van der Waals surface area contributed by atoms with Crippen molar-refractivity contribution < 1.29 is 28.6 Å². The quantitative estimate of drug-likeness (QED) is 0.0264. The molecule has 0 aliphatic carbocycles. The number of unbranched alkanes of at least 4 members (excludes halogenated alkanes) is 19. The van der Waals surface area contributed by atoms with Gasteiger partial charge >= 0.3 is 17.9 Å². The normalized spacial score (nSPS) is 12.7. The largest absolute Gasteiger partial charge is 0.462 e. The van der Waals surface area contributed by atoms with Gasteiger partial charge in [-0.05, 0) is 83.5 Å². The minimum atomic E-state index is -0.798. The van der Waals surface area contributed by atoms with E-state index in [-0.39, 0.29) is 37.5 Å². The molecule has 0 amide bonds. The highest BCUT2D eigenvalue weighted by Crippen LogP contribution is 2.13. The topological polar surface area (TPSA) is 78.9 Å². The van der Waals surface area contributed by atoms with Gasteiger partial charge in [-0.3, -0.25) is 14.4 Å². The number of rotatable bonds is 42. The van der Waals surface area contributed by atoms with Crippen LogP contribution in [0, 0.1) is 0 Å². The molecule has 0 rings (SSSR count). The Morgan fingerprint density at radius 1 is 0.362 bits per heavy atom. The van der Waals surface area contributed by atoms with Crippen molar-refractivity contribution in [3.8, 4) is 0 Å². The summed E-state index contributed by atoms with van der Waals surface area (Å²) in [6, 6.07) is 0. The molecule has 6 nitrogen and oxygen atoms in total. The first-order valence-corrected chi connectivity index (χ1v) is 23.9. The molecule has 0 heterocycles. The van der Waals surface area contributed by atoms with Gasteiger partial charge in [0.2, 0.25) is 0 Å². The Kier molecular flexibility index (Phi) is 44.0. The first-order valence-electron chi connectivity index (χ1n) is 23.9. The number of carbonyl (C=O) groups excluding carboxylic acids is 3. The van der Waals surface area contributed by atoms with E-state index in [9.17, 15) is 14.4 Å². The summed E-state index contributed by atoms with van der Waals surface area (Å²) in [5.41, 5.74) is 0. The average molecular weight is 809 g/mol. The molecular formula is C52H88O6. The molecule has 0 aromatic rings. The number of esters is 3. The van der Waals surface area contributed by atoms with Crippen molar-refractivity contribution in [1.82, 2.24) is 0 Å². The van der Waals surface area contributed by atoms with Gasteiger partial charge in [0.25, 0.3) is 0 Å². The summed E-state index contributed by atoms with van der Waals surface area (Å²) in [4.78, 5) is 37.7. The third-order valence-electron chi connectivity index (χ3n) is 9.95. The van der Waals surface area contributed by atoms with Crippen molar-refractivity contribution in [3.05, 3.63) is 72.9 Å². The van der Waals surface area contributed by atoms with E-state index < -0.39 is 6.10 Å². The zero-order chi connectivity index (χ0) is 42.3. The monoisotopic (exact) mass is 809 g/mol. The standard InChI is InChI=1S/C52H88O6/c1-4-7-10-13-16-19-21-23-25-26-28-29-31-33-36-39-42-45-51(54)57-48-49(47-56-50(53)44-41-38-35-18-15-12-9-6-3)58-52(55)46-43-40-37-34-32-30-27-24-22-20-17-14-11-8-5-2/h7,10,16,19,23-25,27-29,33,36,49H,4-6,8-9,11-15,17-18,20-22,26,30-32,34-35,37-48H2,1-3H3/b10-7-,19-16-,25-23-,27-24-,29-28-,36-33-. The Labute approximate surface area is 357 Å². The molecule has 0 aliphatic heterocycles. The molecule has 1 unspecified atom stereocenters. The molecule has 1 atom stereocenters. The van der Waals surface area contributed by atoms with E-state index in [0.717, 1.165) is 89.9 Å². The molecule has 58 heavy (non-hydrogen) atoms. The second-order valence-electron chi connectivity index (χ2n) is 15.6. The maximum atomic E-state index is 12.7. The van der Waals surface area contributed by atoms with Crippen molar-refractivity contribution in [2.45, 2.75) is 226 Å². The lowest BCUT2D eigenvalue weighted by Gasteiger charge is -2.18. The molecule has 0 N–H and O–H groups in total. The van der Waals surface area contributed by atoms with Gasteiger partial charge in [-0.1, -0.05) is 190 Å². The van der Waals surface area contributed by atoms with Crippen LogP contribution in [0.4, 0.5) is 0 Å². The third-order valence-corrected chi connectivity index (χ3v) is 9.95. The van der Waals surface area contributed by atoms with Crippen LogP contribution >= 0.6 is 0 Å². The van der Waals surface area contributed by atoms with Gasteiger partial charge in [-0.25, -0.2) is 0 Å². The van der Waals surface area contributed by atoms with Gasteiger partial charge in [0, 0.05) is 19.3 Å². The van der Waals surface area contributed by atoms with E-state index in [0.29, 0.717) is 19.3 Å². The molecule has 0 fully saturated rings. The summed E-state index contributed by atoms with van der Waals surface area (Å²) in [6.07, 6.45) is 57.5. The molecule has 6 heteroatoms. The zero-order valence-electron chi connectivity index (χ0n) is 37.8. The SMILES string of the molecule is CC/C=C\C/C=C\C/C=C\C/C=C\C/C=C\CCCC(=O)OCC(COC(=O)CCCCCCCCCC)OC(=O)CCCCCCC/C=C\CCCCCCCC. The van der Waals surface area contributed by atoms with Crippen molar-refractivity contribution in [2.75, 3.05) is 13.2 Å². The van der Waals surface area contributed by atoms with Crippen LogP contribution in [0.2, 0.25) is 0 Å². The minimum Gasteiger partial charge on any atom is -0.462 e. The van der Waals surface area contributed by atoms with Crippen molar-refractivity contribution in [3.63, 3.8) is 0 Å². The number of allylic oxidation sites excluding steroid dienone is 12. The Morgan fingerprint density at radius 3 is 1.14 bits per heavy atom. The maximum absolute atomic E-state index is 12.7.